The van der Waals surface area contributed by atoms with Gasteiger partial charge in [-0.2, -0.15) is 12.7 Å². The van der Waals surface area contributed by atoms with E-state index in [0.717, 1.165) is 76.3 Å². The van der Waals surface area contributed by atoms with Crippen LogP contribution in [-0.4, -0.2) is 85.5 Å². The zero-order chi connectivity index (χ0) is 37.6. The van der Waals surface area contributed by atoms with E-state index in [1.54, 1.807) is 19.2 Å². The molecular weight excluding hydrogens is 695 g/mol. The summed E-state index contributed by atoms with van der Waals surface area (Å²) in [7, 11) is 0.403. The average molecular weight is 746 g/mol. The molecule has 13 heteroatoms. The topological polar surface area (TPSA) is 139 Å². The number of likely N-dealkylation sites (tertiary alicyclic amines) is 1. The molecule has 284 valence electrons. The number of ether oxygens (including phenoxy) is 2. The number of carbonyl (C=O) groups excluding carboxylic acids is 3. The quantitative estimate of drug-likeness (QED) is 0.307. The van der Waals surface area contributed by atoms with Crippen LogP contribution >= 0.6 is 0 Å². The van der Waals surface area contributed by atoms with Gasteiger partial charge < -0.3 is 24.3 Å². The van der Waals surface area contributed by atoms with Crippen molar-refractivity contribution in [1.29, 1.82) is 0 Å². The van der Waals surface area contributed by atoms with E-state index in [1.807, 2.05) is 37.8 Å². The number of nitrogens with zero attached hydrogens (tertiary/aromatic N) is 3. The van der Waals surface area contributed by atoms with E-state index in [4.69, 9.17) is 9.47 Å². The number of methoxy groups -OCH3 is 1. The van der Waals surface area contributed by atoms with Crippen LogP contribution < -0.4 is 14.8 Å². The third kappa shape index (κ3) is 6.07. The maximum atomic E-state index is 15.2. The maximum absolute atomic E-state index is 15.2. The normalized spacial score (nSPS) is 26.4. The van der Waals surface area contributed by atoms with Crippen molar-refractivity contribution in [2.75, 3.05) is 27.7 Å². The summed E-state index contributed by atoms with van der Waals surface area (Å²) in [5.41, 5.74) is 4.19. The Bertz CT molecular complexity index is 2110. The summed E-state index contributed by atoms with van der Waals surface area (Å²) in [6.07, 6.45) is 7.62. The summed E-state index contributed by atoms with van der Waals surface area (Å²) < 4.78 is 42.1. The smallest absolute Gasteiger partial charge is 0.407 e. The molecule has 3 aromatic rings. The van der Waals surface area contributed by atoms with Gasteiger partial charge in [-0.1, -0.05) is 25.3 Å². The number of aromatic nitrogens is 1. The van der Waals surface area contributed by atoms with Crippen molar-refractivity contribution in [3.63, 3.8) is 0 Å². The summed E-state index contributed by atoms with van der Waals surface area (Å²) in [5.74, 6) is 0.575. The minimum absolute atomic E-state index is 0.0395. The van der Waals surface area contributed by atoms with Crippen LogP contribution in [-0.2, 0) is 26.3 Å². The zero-order valence-corrected chi connectivity index (χ0v) is 32.3. The largest absolute Gasteiger partial charge is 0.497 e. The lowest BCUT2D eigenvalue weighted by atomic mass is 9.77. The van der Waals surface area contributed by atoms with E-state index in [-0.39, 0.29) is 35.4 Å². The van der Waals surface area contributed by atoms with Crippen molar-refractivity contribution < 1.29 is 32.3 Å². The van der Waals surface area contributed by atoms with E-state index in [2.05, 4.69) is 26.7 Å². The minimum atomic E-state index is -4.01. The Morgan fingerprint density at radius 1 is 0.981 bits per heavy atom. The molecule has 2 aliphatic heterocycles. The second kappa shape index (κ2) is 12.8. The highest BCUT2D eigenvalue weighted by Crippen LogP contribution is 2.67. The molecule has 1 saturated heterocycles. The van der Waals surface area contributed by atoms with E-state index in [0.29, 0.717) is 25.4 Å². The number of rotatable bonds is 7. The molecule has 3 heterocycles. The van der Waals surface area contributed by atoms with Gasteiger partial charge in [-0.25, -0.2) is 9.52 Å². The van der Waals surface area contributed by atoms with Crippen molar-refractivity contribution in [3.05, 3.63) is 53.1 Å². The molecule has 53 heavy (non-hydrogen) atoms. The third-order valence-corrected chi connectivity index (χ3v) is 13.9. The second-order valence-corrected chi connectivity index (χ2v) is 18.9. The highest BCUT2D eigenvalue weighted by molar-refractivity contribution is 7.87. The molecule has 1 aromatic heterocycles. The van der Waals surface area contributed by atoms with E-state index in [9.17, 15) is 18.0 Å². The molecule has 3 amide bonds. The van der Waals surface area contributed by atoms with Gasteiger partial charge in [0, 0.05) is 67.1 Å². The van der Waals surface area contributed by atoms with Crippen LogP contribution in [0, 0.1) is 11.3 Å². The summed E-state index contributed by atoms with van der Waals surface area (Å²) >= 11 is 0. The molecule has 8 rings (SSSR count). The first-order valence-electron chi connectivity index (χ1n) is 19.0. The second-order valence-electron chi connectivity index (χ2n) is 17.0. The Kier molecular flexibility index (Phi) is 8.64. The molecule has 5 aliphatic rings. The van der Waals surface area contributed by atoms with Gasteiger partial charge in [0.25, 0.3) is 5.91 Å². The number of hydrogen-bond acceptors (Lipinski definition) is 7. The number of carbonyl (C=O) groups is 3. The van der Waals surface area contributed by atoms with Gasteiger partial charge in [0.1, 0.15) is 11.4 Å². The first-order chi connectivity index (χ1) is 25.1. The predicted octanol–water partition coefficient (Wildman–Crippen LogP) is 5.90. The highest BCUT2D eigenvalue weighted by Gasteiger charge is 2.66. The Morgan fingerprint density at radius 2 is 1.74 bits per heavy atom. The lowest BCUT2D eigenvalue weighted by molar-refractivity contribution is -0.140. The van der Waals surface area contributed by atoms with Gasteiger partial charge in [0.15, 0.2) is 0 Å². The molecule has 3 unspecified atom stereocenters. The molecule has 5 atom stereocenters. The van der Waals surface area contributed by atoms with E-state index < -0.39 is 33.2 Å². The van der Waals surface area contributed by atoms with Crippen LogP contribution in [0.4, 0.5) is 4.79 Å². The lowest BCUT2D eigenvalue weighted by Crippen LogP contribution is -2.48. The van der Waals surface area contributed by atoms with Crippen molar-refractivity contribution in [3.8, 4) is 17.0 Å². The Labute approximate surface area is 311 Å². The Balaban J connectivity index is 1.24. The molecule has 2 aromatic carbocycles. The van der Waals surface area contributed by atoms with Gasteiger partial charge >= 0.3 is 16.3 Å². The fourth-order valence-corrected chi connectivity index (χ4v) is 10.2. The third-order valence-electron chi connectivity index (χ3n) is 12.5. The van der Waals surface area contributed by atoms with Gasteiger partial charge in [0.05, 0.1) is 24.3 Å². The summed E-state index contributed by atoms with van der Waals surface area (Å²) in [6.45, 7) is 6.38. The molecular formula is C40H51N5O7S. The van der Waals surface area contributed by atoms with Crippen molar-refractivity contribution in [2.45, 2.75) is 108 Å². The first kappa shape index (κ1) is 35.9. The molecule has 0 bridgehead atoms. The maximum Gasteiger partial charge on any atom is 0.407 e. The highest BCUT2D eigenvalue weighted by atomic mass is 32.2. The standard InChI is InChI=1S/C40H51N5O7S/c1-39(2,3)52-38(48)41-31-21-44(32-17-16-27(31)32)37(47)40-20-30(40)29-19-25(51-6)13-15-26(29)35-34(23-10-8-7-9-11-23)28-14-12-24(18-33(28)45(35)22-40)36(46)42-53(49,50)43(4)5/h12-15,18-19,23,27,30-32H,7-11,16-17,20-22H2,1-6H3,(H,41,48)(H,42,46)/t27?,30?,31-,32-,40?/m1/s1. The minimum Gasteiger partial charge on any atom is -0.497 e. The molecule has 0 spiro atoms. The van der Waals surface area contributed by atoms with Crippen LogP contribution in [0.2, 0.25) is 0 Å². The van der Waals surface area contributed by atoms with E-state index >= 15 is 4.79 Å². The molecule has 4 fully saturated rings. The van der Waals surface area contributed by atoms with Gasteiger partial charge in [-0.3, -0.25) is 9.59 Å². The number of benzene rings is 2. The number of nitrogens with one attached hydrogen (secondary N) is 2. The summed E-state index contributed by atoms with van der Waals surface area (Å²) in [5, 5.41) is 4.11. The Hall–Kier alpha value is -4.10. The monoisotopic (exact) mass is 745 g/mol. The van der Waals surface area contributed by atoms with E-state index in [1.165, 1.54) is 26.1 Å². The average Bonchev–Trinajstić information content (AvgIpc) is 3.68. The van der Waals surface area contributed by atoms with Gasteiger partial charge in [-0.15, -0.1) is 0 Å². The van der Waals surface area contributed by atoms with Crippen molar-refractivity contribution in [1.82, 2.24) is 23.8 Å². The number of hydrogen-bond donors (Lipinski definition) is 2. The molecule has 3 aliphatic carbocycles. The zero-order valence-electron chi connectivity index (χ0n) is 31.5. The van der Waals surface area contributed by atoms with Crippen LogP contribution in [0.15, 0.2) is 36.4 Å². The van der Waals surface area contributed by atoms with Crippen LogP contribution in [0.3, 0.4) is 0 Å². The predicted molar refractivity (Wildman–Crippen MR) is 201 cm³/mol. The molecule has 12 nitrogen and oxygen atoms in total. The van der Waals surface area contributed by atoms with Gasteiger partial charge in [0.2, 0.25) is 5.91 Å². The van der Waals surface area contributed by atoms with Crippen molar-refractivity contribution in [2.24, 2.45) is 11.3 Å². The molecule has 3 saturated carbocycles. The SMILES string of the molecule is COc1ccc2c(c1)C1CC1(C(=O)N1C[C@@H](NC(=O)OC(C)(C)C)C3CC[C@H]31)Cn1c-2c(C2CCCCC2)c2ccc(C(=O)NS(=O)(=O)N(C)C)cc21. The summed E-state index contributed by atoms with van der Waals surface area (Å²) in [6, 6.07) is 11.6. The van der Waals surface area contributed by atoms with Crippen LogP contribution in [0.5, 0.6) is 5.75 Å². The van der Waals surface area contributed by atoms with Crippen molar-refractivity contribution >= 4 is 39.0 Å². The summed E-state index contributed by atoms with van der Waals surface area (Å²) in [4.78, 5) is 43.5. The number of amides is 3. The number of fused-ring (bicyclic) bond motifs is 8. The fourth-order valence-electron chi connectivity index (χ4n) is 9.67. The molecule has 0 radical (unpaired) electrons. The Morgan fingerprint density at radius 3 is 2.40 bits per heavy atom. The fraction of sp³-hybridized carbons (Fsp3) is 0.575. The molecule has 2 N–H and O–H groups in total. The number of alkyl carbamates (subject to hydrolysis) is 1. The lowest BCUT2D eigenvalue weighted by Gasteiger charge is -2.38. The first-order valence-corrected chi connectivity index (χ1v) is 20.5. The van der Waals surface area contributed by atoms with Crippen LogP contribution in [0.25, 0.3) is 22.2 Å². The van der Waals surface area contributed by atoms with Gasteiger partial charge in [-0.05, 0) is 100 Å². The van der Waals surface area contributed by atoms with Crippen LogP contribution in [0.1, 0.15) is 105 Å².